The SMILES string of the molecule is COCC(C)CC(=O)CC1CCOc2ccccc21. The van der Waals surface area contributed by atoms with Crippen LogP contribution in [0.3, 0.4) is 0 Å². The highest BCUT2D eigenvalue weighted by Crippen LogP contribution is 2.35. The van der Waals surface area contributed by atoms with Gasteiger partial charge in [0.15, 0.2) is 0 Å². The van der Waals surface area contributed by atoms with Gasteiger partial charge < -0.3 is 9.47 Å². The summed E-state index contributed by atoms with van der Waals surface area (Å²) < 4.78 is 10.7. The van der Waals surface area contributed by atoms with Crippen molar-refractivity contribution in [2.45, 2.75) is 32.1 Å². The second kappa shape index (κ2) is 6.71. The molecular formula is C16H22O3. The van der Waals surface area contributed by atoms with Crippen LogP contribution in [0.2, 0.25) is 0 Å². The summed E-state index contributed by atoms with van der Waals surface area (Å²) in [7, 11) is 1.68. The van der Waals surface area contributed by atoms with Gasteiger partial charge in [-0.05, 0) is 29.9 Å². The molecule has 1 heterocycles. The lowest BCUT2D eigenvalue weighted by atomic mass is 9.87. The second-order valence-electron chi connectivity index (χ2n) is 5.38. The first-order chi connectivity index (χ1) is 9.20. The number of Topliss-reactive ketones (excluding diaryl/α,β-unsaturated/α-hetero) is 1. The third kappa shape index (κ3) is 3.80. The van der Waals surface area contributed by atoms with E-state index in [0.717, 1.165) is 12.2 Å². The highest BCUT2D eigenvalue weighted by Gasteiger charge is 2.23. The number of hydrogen-bond acceptors (Lipinski definition) is 3. The lowest BCUT2D eigenvalue weighted by molar-refractivity contribution is -0.120. The Balaban J connectivity index is 1.95. The summed E-state index contributed by atoms with van der Waals surface area (Å²) in [6, 6.07) is 8.05. The van der Waals surface area contributed by atoms with Crippen LogP contribution in [-0.2, 0) is 9.53 Å². The maximum atomic E-state index is 12.1. The molecule has 1 aromatic rings. The first-order valence-electron chi connectivity index (χ1n) is 6.93. The maximum Gasteiger partial charge on any atom is 0.133 e. The van der Waals surface area contributed by atoms with Gasteiger partial charge in [0.2, 0.25) is 0 Å². The van der Waals surface area contributed by atoms with Crippen molar-refractivity contribution in [3.8, 4) is 5.75 Å². The Morgan fingerprint density at radius 1 is 1.47 bits per heavy atom. The van der Waals surface area contributed by atoms with Crippen LogP contribution in [0.1, 0.15) is 37.7 Å². The average molecular weight is 262 g/mol. The number of rotatable bonds is 6. The molecule has 3 nitrogen and oxygen atoms in total. The smallest absolute Gasteiger partial charge is 0.133 e. The van der Waals surface area contributed by atoms with Gasteiger partial charge >= 0.3 is 0 Å². The van der Waals surface area contributed by atoms with E-state index in [-0.39, 0.29) is 0 Å². The molecule has 3 heteroatoms. The highest BCUT2D eigenvalue weighted by atomic mass is 16.5. The number of para-hydroxylation sites is 1. The molecule has 1 aromatic carbocycles. The van der Waals surface area contributed by atoms with Crippen LogP contribution in [0.4, 0.5) is 0 Å². The molecule has 0 amide bonds. The fourth-order valence-corrected chi connectivity index (χ4v) is 2.72. The molecule has 2 rings (SSSR count). The first kappa shape index (κ1) is 14.1. The fraction of sp³-hybridized carbons (Fsp3) is 0.562. The minimum atomic E-state index is 0.299. The lowest BCUT2D eigenvalue weighted by Gasteiger charge is -2.25. The van der Waals surface area contributed by atoms with Gasteiger partial charge in [0.05, 0.1) is 6.61 Å². The van der Waals surface area contributed by atoms with Gasteiger partial charge in [0.25, 0.3) is 0 Å². The molecule has 0 N–H and O–H groups in total. The van der Waals surface area contributed by atoms with E-state index in [1.165, 1.54) is 5.56 Å². The van der Waals surface area contributed by atoms with Crippen LogP contribution in [0.25, 0.3) is 0 Å². The molecule has 104 valence electrons. The topological polar surface area (TPSA) is 35.5 Å². The number of ketones is 1. The standard InChI is InChI=1S/C16H22O3/c1-12(11-18-2)9-14(17)10-13-7-8-19-16-6-4-3-5-15(13)16/h3-6,12-13H,7-11H2,1-2H3. The number of carbonyl (C=O) groups excluding carboxylic acids is 1. The monoisotopic (exact) mass is 262 g/mol. The molecule has 1 aliphatic heterocycles. The van der Waals surface area contributed by atoms with E-state index in [4.69, 9.17) is 9.47 Å². The number of benzene rings is 1. The number of hydrogen-bond donors (Lipinski definition) is 0. The van der Waals surface area contributed by atoms with Crippen molar-refractivity contribution in [3.05, 3.63) is 29.8 Å². The lowest BCUT2D eigenvalue weighted by Crippen LogP contribution is -2.18. The molecule has 0 spiro atoms. The van der Waals surface area contributed by atoms with Crippen molar-refractivity contribution < 1.29 is 14.3 Å². The molecule has 0 radical (unpaired) electrons. The Bertz CT molecular complexity index is 428. The van der Waals surface area contributed by atoms with E-state index >= 15 is 0 Å². The van der Waals surface area contributed by atoms with E-state index in [1.54, 1.807) is 7.11 Å². The molecule has 1 aliphatic rings. The third-order valence-electron chi connectivity index (χ3n) is 3.58. The summed E-state index contributed by atoms with van der Waals surface area (Å²) >= 11 is 0. The van der Waals surface area contributed by atoms with E-state index in [9.17, 15) is 4.79 Å². The summed E-state index contributed by atoms with van der Waals surface area (Å²) in [5.74, 6) is 1.88. The summed E-state index contributed by atoms with van der Waals surface area (Å²) in [6.45, 7) is 3.41. The van der Waals surface area contributed by atoms with Gasteiger partial charge in [-0.1, -0.05) is 25.1 Å². The van der Waals surface area contributed by atoms with Crippen molar-refractivity contribution in [3.63, 3.8) is 0 Å². The van der Waals surface area contributed by atoms with E-state index < -0.39 is 0 Å². The third-order valence-corrected chi connectivity index (χ3v) is 3.58. The Labute approximate surface area is 114 Å². The minimum absolute atomic E-state index is 0.299. The largest absolute Gasteiger partial charge is 0.493 e. The van der Waals surface area contributed by atoms with E-state index in [2.05, 4.69) is 13.0 Å². The summed E-state index contributed by atoms with van der Waals surface area (Å²) in [5, 5.41) is 0. The Hall–Kier alpha value is -1.35. The van der Waals surface area contributed by atoms with Gasteiger partial charge in [0.1, 0.15) is 11.5 Å². The number of methoxy groups -OCH3 is 1. The van der Waals surface area contributed by atoms with E-state index in [1.807, 2.05) is 18.2 Å². The Kier molecular flexibility index (Phi) is 4.97. The van der Waals surface area contributed by atoms with Crippen LogP contribution in [-0.4, -0.2) is 26.1 Å². The Morgan fingerprint density at radius 2 is 2.26 bits per heavy atom. The van der Waals surface area contributed by atoms with E-state index in [0.29, 0.717) is 43.7 Å². The molecule has 19 heavy (non-hydrogen) atoms. The summed E-state index contributed by atoms with van der Waals surface area (Å²) in [6.07, 6.45) is 2.16. The normalized spacial score (nSPS) is 19.4. The van der Waals surface area contributed by atoms with Crippen LogP contribution >= 0.6 is 0 Å². The predicted molar refractivity (Wildman–Crippen MR) is 74.6 cm³/mol. The molecule has 0 bridgehead atoms. The molecule has 0 saturated heterocycles. The van der Waals surface area contributed by atoms with Gasteiger partial charge in [-0.25, -0.2) is 0 Å². The van der Waals surface area contributed by atoms with Crippen LogP contribution in [0, 0.1) is 5.92 Å². The fourth-order valence-electron chi connectivity index (χ4n) is 2.72. The number of carbonyl (C=O) groups is 1. The van der Waals surface area contributed by atoms with Gasteiger partial charge in [0, 0.05) is 26.6 Å². The molecule has 0 aromatic heterocycles. The van der Waals surface area contributed by atoms with Crippen LogP contribution < -0.4 is 4.74 Å². The van der Waals surface area contributed by atoms with Crippen molar-refractivity contribution >= 4 is 5.78 Å². The average Bonchev–Trinajstić information content (AvgIpc) is 2.39. The first-order valence-corrected chi connectivity index (χ1v) is 6.93. The van der Waals surface area contributed by atoms with Crippen LogP contribution in [0.15, 0.2) is 24.3 Å². The number of fused-ring (bicyclic) bond motifs is 1. The highest BCUT2D eigenvalue weighted by molar-refractivity contribution is 5.79. The molecule has 0 aliphatic carbocycles. The zero-order chi connectivity index (χ0) is 13.7. The van der Waals surface area contributed by atoms with Crippen LogP contribution in [0.5, 0.6) is 5.75 Å². The zero-order valence-electron chi connectivity index (χ0n) is 11.7. The predicted octanol–water partition coefficient (Wildman–Crippen LogP) is 3.18. The van der Waals surface area contributed by atoms with Gasteiger partial charge in [-0.3, -0.25) is 4.79 Å². The second-order valence-corrected chi connectivity index (χ2v) is 5.38. The molecule has 0 fully saturated rings. The molecular weight excluding hydrogens is 240 g/mol. The minimum Gasteiger partial charge on any atom is -0.493 e. The zero-order valence-corrected chi connectivity index (χ0v) is 11.7. The molecule has 0 saturated carbocycles. The van der Waals surface area contributed by atoms with Crippen molar-refractivity contribution in [2.75, 3.05) is 20.3 Å². The maximum absolute atomic E-state index is 12.1. The van der Waals surface area contributed by atoms with Crippen molar-refractivity contribution in [2.24, 2.45) is 5.92 Å². The van der Waals surface area contributed by atoms with Crippen molar-refractivity contribution in [1.29, 1.82) is 0 Å². The summed E-state index contributed by atoms with van der Waals surface area (Å²) in [4.78, 5) is 12.1. The van der Waals surface area contributed by atoms with Gasteiger partial charge in [-0.15, -0.1) is 0 Å². The quantitative estimate of drug-likeness (QED) is 0.790. The Morgan fingerprint density at radius 3 is 3.05 bits per heavy atom. The van der Waals surface area contributed by atoms with Crippen molar-refractivity contribution in [1.82, 2.24) is 0 Å². The van der Waals surface area contributed by atoms with Gasteiger partial charge in [-0.2, -0.15) is 0 Å². The number of ether oxygens (including phenoxy) is 2. The molecule has 2 unspecified atom stereocenters. The summed E-state index contributed by atoms with van der Waals surface area (Å²) in [5.41, 5.74) is 1.18. The molecule has 2 atom stereocenters.